The maximum Gasteiger partial charge on any atom is 0.126 e. The smallest absolute Gasteiger partial charge is 0.126 e. The van der Waals surface area contributed by atoms with E-state index in [-0.39, 0.29) is 0 Å². The summed E-state index contributed by atoms with van der Waals surface area (Å²) in [5, 5.41) is 3.32. The Bertz CT molecular complexity index is 323. The molecule has 1 heterocycles. The summed E-state index contributed by atoms with van der Waals surface area (Å²) in [6.07, 6.45) is 3.01. The number of hydrogen-bond donors (Lipinski definition) is 1. The molecule has 0 saturated heterocycles. The lowest BCUT2D eigenvalue weighted by molar-refractivity contribution is 0.288. The lowest BCUT2D eigenvalue weighted by atomic mass is 10.2. The van der Waals surface area contributed by atoms with Crippen molar-refractivity contribution in [3.05, 3.63) is 23.9 Å². The molecular formula is C14H25N3. The summed E-state index contributed by atoms with van der Waals surface area (Å²) in [5.41, 5.74) is 1.32. The van der Waals surface area contributed by atoms with Crippen molar-refractivity contribution in [3.63, 3.8) is 0 Å². The fraction of sp³-hybridized carbons (Fsp3) is 0.643. The highest BCUT2D eigenvalue weighted by molar-refractivity contribution is 5.37. The molecule has 0 aliphatic rings. The number of pyridine rings is 1. The normalized spacial score (nSPS) is 11.2. The van der Waals surface area contributed by atoms with Crippen LogP contribution >= 0.6 is 0 Å². The monoisotopic (exact) mass is 235 g/mol. The van der Waals surface area contributed by atoms with Gasteiger partial charge in [-0.3, -0.25) is 0 Å². The third-order valence-electron chi connectivity index (χ3n) is 2.51. The summed E-state index contributed by atoms with van der Waals surface area (Å²) in [5.74, 6) is 1.70. The first-order chi connectivity index (χ1) is 8.11. The molecule has 1 aromatic rings. The standard InChI is InChI=1S/C14H25N3/c1-5-7-15-14-9-13(6-8-16-14)11-17(4)10-12(2)3/h6,8-9,12H,5,7,10-11H2,1-4H3,(H,15,16). The molecule has 1 aromatic heterocycles. The molecule has 0 aliphatic heterocycles. The maximum atomic E-state index is 4.32. The Morgan fingerprint density at radius 3 is 2.82 bits per heavy atom. The van der Waals surface area contributed by atoms with E-state index < -0.39 is 0 Å². The van der Waals surface area contributed by atoms with E-state index in [1.165, 1.54) is 5.56 Å². The average molecular weight is 235 g/mol. The summed E-state index contributed by atoms with van der Waals surface area (Å²) in [4.78, 5) is 6.67. The van der Waals surface area contributed by atoms with E-state index in [2.05, 4.69) is 55.2 Å². The van der Waals surface area contributed by atoms with E-state index in [1.54, 1.807) is 0 Å². The number of nitrogens with one attached hydrogen (secondary N) is 1. The van der Waals surface area contributed by atoms with Crippen LogP contribution in [0.1, 0.15) is 32.8 Å². The van der Waals surface area contributed by atoms with Crippen LogP contribution in [0.2, 0.25) is 0 Å². The van der Waals surface area contributed by atoms with Crippen molar-refractivity contribution < 1.29 is 0 Å². The quantitative estimate of drug-likeness (QED) is 0.787. The summed E-state index contributed by atoms with van der Waals surface area (Å²) in [6, 6.07) is 4.24. The highest BCUT2D eigenvalue weighted by atomic mass is 15.1. The van der Waals surface area contributed by atoms with Crippen LogP contribution in [0.15, 0.2) is 18.3 Å². The highest BCUT2D eigenvalue weighted by Crippen LogP contribution is 2.09. The van der Waals surface area contributed by atoms with Crippen LogP contribution in [0.5, 0.6) is 0 Å². The van der Waals surface area contributed by atoms with Gasteiger partial charge in [-0.25, -0.2) is 4.98 Å². The molecule has 0 bridgehead atoms. The van der Waals surface area contributed by atoms with Crippen LogP contribution in [-0.4, -0.2) is 30.0 Å². The third-order valence-corrected chi connectivity index (χ3v) is 2.51. The van der Waals surface area contributed by atoms with Gasteiger partial charge >= 0.3 is 0 Å². The van der Waals surface area contributed by atoms with Crippen LogP contribution in [0.25, 0.3) is 0 Å². The Labute approximate surface area is 105 Å². The molecule has 0 aliphatic carbocycles. The van der Waals surface area contributed by atoms with Gasteiger partial charge in [0.15, 0.2) is 0 Å². The molecule has 0 radical (unpaired) electrons. The molecule has 0 fully saturated rings. The molecule has 0 amide bonds. The average Bonchev–Trinajstić information content (AvgIpc) is 2.25. The Kier molecular flexibility index (Phi) is 5.98. The van der Waals surface area contributed by atoms with Gasteiger partial charge in [0.1, 0.15) is 5.82 Å². The maximum absolute atomic E-state index is 4.32. The fourth-order valence-electron chi connectivity index (χ4n) is 1.92. The van der Waals surface area contributed by atoms with Gasteiger partial charge < -0.3 is 10.2 Å². The van der Waals surface area contributed by atoms with Crippen molar-refractivity contribution in [1.29, 1.82) is 0 Å². The summed E-state index contributed by atoms with van der Waals surface area (Å²) >= 11 is 0. The highest BCUT2D eigenvalue weighted by Gasteiger charge is 2.03. The van der Waals surface area contributed by atoms with Crippen LogP contribution < -0.4 is 5.32 Å². The molecular weight excluding hydrogens is 210 g/mol. The molecule has 0 atom stereocenters. The Hall–Kier alpha value is -1.09. The van der Waals surface area contributed by atoms with Crippen molar-refractivity contribution in [2.24, 2.45) is 5.92 Å². The summed E-state index contributed by atoms with van der Waals surface area (Å²) < 4.78 is 0. The molecule has 3 heteroatoms. The molecule has 0 unspecified atom stereocenters. The first-order valence-corrected chi connectivity index (χ1v) is 6.49. The SMILES string of the molecule is CCCNc1cc(CN(C)CC(C)C)ccn1. The number of aromatic nitrogens is 1. The molecule has 3 nitrogen and oxygen atoms in total. The zero-order valence-corrected chi connectivity index (χ0v) is 11.5. The largest absolute Gasteiger partial charge is 0.370 e. The molecule has 1 rings (SSSR count). The van der Waals surface area contributed by atoms with E-state index >= 15 is 0 Å². The van der Waals surface area contributed by atoms with Crippen molar-refractivity contribution in [1.82, 2.24) is 9.88 Å². The van der Waals surface area contributed by atoms with Gasteiger partial charge in [0, 0.05) is 25.8 Å². The topological polar surface area (TPSA) is 28.2 Å². The zero-order chi connectivity index (χ0) is 12.7. The Balaban J connectivity index is 2.52. The van der Waals surface area contributed by atoms with Gasteiger partial charge in [-0.15, -0.1) is 0 Å². The molecule has 0 aromatic carbocycles. The van der Waals surface area contributed by atoms with Crippen molar-refractivity contribution in [2.45, 2.75) is 33.7 Å². The lowest BCUT2D eigenvalue weighted by Crippen LogP contribution is -2.22. The Morgan fingerprint density at radius 1 is 1.41 bits per heavy atom. The molecule has 1 N–H and O–H groups in total. The van der Waals surface area contributed by atoms with Gasteiger partial charge in [-0.1, -0.05) is 20.8 Å². The van der Waals surface area contributed by atoms with Crippen molar-refractivity contribution in [3.8, 4) is 0 Å². The molecule has 17 heavy (non-hydrogen) atoms. The van der Waals surface area contributed by atoms with Crippen LogP contribution in [0, 0.1) is 5.92 Å². The van der Waals surface area contributed by atoms with Gasteiger partial charge in [0.25, 0.3) is 0 Å². The minimum absolute atomic E-state index is 0.708. The van der Waals surface area contributed by atoms with Crippen molar-refractivity contribution >= 4 is 5.82 Å². The van der Waals surface area contributed by atoms with E-state index in [4.69, 9.17) is 0 Å². The molecule has 0 saturated carbocycles. The minimum atomic E-state index is 0.708. The van der Waals surface area contributed by atoms with Gasteiger partial charge in [0.05, 0.1) is 0 Å². The third kappa shape index (κ3) is 5.68. The predicted molar refractivity (Wildman–Crippen MR) is 74.2 cm³/mol. The number of anilines is 1. The second-order valence-corrected chi connectivity index (χ2v) is 5.07. The van der Waals surface area contributed by atoms with Crippen molar-refractivity contribution in [2.75, 3.05) is 25.5 Å². The number of hydrogen-bond acceptors (Lipinski definition) is 3. The Morgan fingerprint density at radius 2 is 2.18 bits per heavy atom. The van der Waals surface area contributed by atoms with Crippen LogP contribution in [0.3, 0.4) is 0 Å². The first kappa shape index (κ1) is 14.0. The second-order valence-electron chi connectivity index (χ2n) is 5.07. The second kappa shape index (κ2) is 7.28. The first-order valence-electron chi connectivity index (χ1n) is 6.49. The predicted octanol–water partition coefficient (Wildman–Crippen LogP) is 2.99. The van der Waals surface area contributed by atoms with Crippen LogP contribution in [-0.2, 0) is 6.54 Å². The minimum Gasteiger partial charge on any atom is -0.370 e. The molecule has 96 valence electrons. The number of rotatable bonds is 7. The lowest BCUT2D eigenvalue weighted by Gasteiger charge is -2.19. The van der Waals surface area contributed by atoms with Gasteiger partial charge in [-0.05, 0) is 37.1 Å². The molecule has 0 spiro atoms. The van der Waals surface area contributed by atoms with Crippen LogP contribution in [0.4, 0.5) is 5.82 Å². The van der Waals surface area contributed by atoms with Gasteiger partial charge in [-0.2, -0.15) is 0 Å². The summed E-state index contributed by atoms with van der Waals surface area (Å²) in [6.45, 7) is 9.75. The van der Waals surface area contributed by atoms with E-state index in [0.29, 0.717) is 5.92 Å². The van der Waals surface area contributed by atoms with E-state index in [0.717, 1.165) is 31.9 Å². The zero-order valence-electron chi connectivity index (χ0n) is 11.5. The van der Waals surface area contributed by atoms with Gasteiger partial charge in [0.2, 0.25) is 0 Å². The van der Waals surface area contributed by atoms with E-state index in [9.17, 15) is 0 Å². The number of nitrogens with zero attached hydrogens (tertiary/aromatic N) is 2. The fourth-order valence-corrected chi connectivity index (χ4v) is 1.92. The summed E-state index contributed by atoms with van der Waals surface area (Å²) in [7, 11) is 2.17. The van der Waals surface area contributed by atoms with E-state index in [1.807, 2.05) is 6.20 Å².